The summed E-state index contributed by atoms with van der Waals surface area (Å²) in [5, 5.41) is 3.52. The summed E-state index contributed by atoms with van der Waals surface area (Å²) in [6, 6.07) is 5.01. The number of fused-ring (bicyclic) bond motifs is 1. The highest BCUT2D eigenvalue weighted by atomic mass is 19.1. The van der Waals surface area contributed by atoms with Gasteiger partial charge in [-0.1, -0.05) is 6.92 Å². The summed E-state index contributed by atoms with van der Waals surface area (Å²) >= 11 is 0. The van der Waals surface area contributed by atoms with Crippen molar-refractivity contribution in [1.29, 1.82) is 0 Å². The molecule has 1 aromatic carbocycles. The molecule has 3 atom stereocenters. The van der Waals surface area contributed by atoms with Crippen LogP contribution in [0.2, 0.25) is 0 Å². The van der Waals surface area contributed by atoms with Crippen LogP contribution in [-0.2, 0) is 4.74 Å². The van der Waals surface area contributed by atoms with E-state index in [1.54, 1.807) is 12.1 Å². The fraction of sp³-hybridized carbons (Fsp3) is 0.625. The third-order valence-electron chi connectivity index (χ3n) is 4.23. The molecule has 1 fully saturated rings. The van der Waals surface area contributed by atoms with Crippen molar-refractivity contribution in [2.75, 3.05) is 19.8 Å². The number of ether oxygens (including phenoxy) is 2. The van der Waals surface area contributed by atoms with Crippen molar-refractivity contribution in [2.24, 2.45) is 5.92 Å². The lowest BCUT2D eigenvalue weighted by Crippen LogP contribution is -2.38. The standard InChI is InChI=1S/C16H22FNO2/c1-2-6-18-14-9-16(11-5-7-19-10-11)20-15-4-3-12(17)8-13(14)15/h3-4,8,11,14,16,18H,2,5-7,9-10H2,1H3. The fourth-order valence-electron chi connectivity index (χ4n) is 3.12. The molecule has 2 heterocycles. The summed E-state index contributed by atoms with van der Waals surface area (Å²) < 4.78 is 25.1. The Balaban J connectivity index is 1.82. The number of hydrogen-bond acceptors (Lipinski definition) is 3. The van der Waals surface area contributed by atoms with E-state index >= 15 is 0 Å². The van der Waals surface area contributed by atoms with Gasteiger partial charge in [-0.3, -0.25) is 0 Å². The topological polar surface area (TPSA) is 30.5 Å². The third-order valence-corrected chi connectivity index (χ3v) is 4.23. The van der Waals surface area contributed by atoms with E-state index in [2.05, 4.69) is 12.2 Å². The van der Waals surface area contributed by atoms with Crippen molar-refractivity contribution in [2.45, 2.75) is 38.3 Å². The Labute approximate surface area is 119 Å². The van der Waals surface area contributed by atoms with Crippen molar-refractivity contribution in [3.63, 3.8) is 0 Å². The van der Waals surface area contributed by atoms with E-state index in [1.807, 2.05) is 0 Å². The lowest BCUT2D eigenvalue weighted by atomic mass is 9.89. The first-order valence-corrected chi connectivity index (χ1v) is 7.55. The summed E-state index contributed by atoms with van der Waals surface area (Å²) in [7, 11) is 0. The second-order valence-electron chi connectivity index (χ2n) is 5.70. The van der Waals surface area contributed by atoms with E-state index in [9.17, 15) is 4.39 Å². The quantitative estimate of drug-likeness (QED) is 0.919. The number of benzene rings is 1. The second kappa shape index (κ2) is 6.10. The largest absolute Gasteiger partial charge is 0.490 e. The lowest BCUT2D eigenvalue weighted by Gasteiger charge is -2.35. The fourth-order valence-corrected chi connectivity index (χ4v) is 3.12. The summed E-state index contributed by atoms with van der Waals surface area (Å²) in [6.07, 6.45) is 3.19. The Morgan fingerprint density at radius 2 is 2.30 bits per heavy atom. The smallest absolute Gasteiger partial charge is 0.124 e. The minimum Gasteiger partial charge on any atom is -0.490 e. The molecular weight excluding hydrogens is 257 g/mol. The normalized spacial score (nSPS) is 29.0. The molecule has 0 radical (unpaired) electrons. The van der Waals surface area contributed by atoms with Crippen molar-refractivity contribution in [3.8, 4) is 5.75 Å². The molecule has 1 saturated heterocycles. The van der Waals surface area contributed by atoms with Crippen LogP contribution >= 0.6 is 0 Å². The maximum atomic E-state index is 13.5. The Morgan fingerprint density at radius 1 is 1.40 bits per heavy atom. The van der Waals surface area contributed by atoms with Crippen LogP contribution < -0.4 is 10.1 Å². The number of halogens is 1. The highest BCUT2D eigenvalue weighted by Crippen LogP contribution is 2.38. The van der Waals surface area contributed by atoms with Crippen LogP contribution in [0, 0.1) is 11.7 Å². The van der Waals surface area contributed by atoms with Gasteiger partial charge in [0.05, 0.1) is 6.61 Å². The highest BCUT2D eigenvalue weighted by Gasteiger charge is 2.35. The van der Waals surface area contributed by atoms with Crippen LogP contribution in [0.1, 0.15) is 37.8 Å². The molecule has 3 nitrogen and oxygen atoms in total. The first-order chi connectivity index (χ1) is 9.78. The van der Waals surface area contributed by atoms with Crippen molar-refractivity contribution < 1.29 is 13.9 Å². The molecule has 0 bridgehead atoms. The van der Waals surface area contributed by atoms with E-state index in [-0.39, 0.29) is 18.0 Å². The van der Waals surface area contributed by atoms with Crippen molar-refractivity contribution in [3.05, 3.63) is 29.6 Å². The average molecular weight is 279 g/mol. The molecule has 0 spiro atoms. The minimum atomic E-state index is -0.196. The van der Waals surface area contributed by atoms with E-state index in [0.717, 1.165) is 50.3 Å². The van der Waals surface area contributed by atoms with Gasteiger partial charge in [-0.2, -0.15) is 0 Å². The predicted octanol–water partition coefficient (Wildman–Crippen LogP) is 3.05. The van der Waals surface area contributed by atoms with E-state index < -0.39 is 0 Å². The molecule has 0 aliphatic carbocycles. The lowest BCUT2D eigenvalue weighted by molar-refractivity contribution is 0.0800. The van der Waals surface area contributed by atoms with E-state index in [0.29, 0.717) is 5.92 Å². The minimum absolute atomic E-state index is 0.171. The summed E-state index contributed by atoms with van der Waals surface area (Å²) in [5.41, 5.74) is 0.952. The number of nitrogens with one attached hydrogen (secondary N) is 1. The van der Waals surface area contributed by atoms with Gasteiger partial charge in [-0.15, -0.1) is 0 Å². The zero-order valence-corrected chi connectivity index (χ0v) is 11.9. The molecule has 0 saturated carbocycles. The number of hydrogen-bond donors (Lipinski definition) is 1. The summed E-state index contributed by atoms with van der Waals surface area (Å²) in [5.74, 6) is 1.08. The van der Waals surface area contributed by atoms with Gasteiger partial charge in [-0.25, -0.2) is 4.39 Å². The molecule has 20 heavy (non-hydrogen) atoms. The van der Waals surface area contributed by atoms with Gasteiger partial charge < -0.3 is 14.8 Å². The molecule has 3 rings (SSSR count). The van der Waals surface area contributed by atoms with Crippen LogP contribution in [0.25, 0.3) is 0 Å². The predicted molar refractivity (Wildman–Crippen MR) is 75.4 cm³/mol. The van der Waals surface area contributed by atoms with Gasteiger partial charge >= 0.3 is 0 Å². The molecule has 110 valence electrons. The summed E-state index contributed by atoms with van der Waals surface area (Å²) in [6.45, 7) is 4.69. The van der Waals surface area contributed by atoms with Crippen molar-refractivity contribution >= 4 is 0 Å². The van der Waals surface area contributed by atoms with Gasteiger partial charge in [0.25, 0.3) is 0 Å². The molecule has 3 unspecified atom stereocenters. The zero-order valence-electron chi connectivity index (χ0n) is 11.9. The van der Waals surface area contributed by atoms with Gasteiger partial charge in [-0.05, 0) is 37.6 Å². The number of rotatable bonds is 4. The monoisotopic (exact) mass is 279 g/mol. The SMILES string of the molecule is CCCNC1CC(C2CCOC2)Oc2ccc(F)cc21. The van der Waals surface area contributed by atoms with Gasteiger partial charge in [0.15, 0.2) is 0 Å². The van der Waals surface area contributed by atoms with Gasteiger partial charge in [0.2, 0.25) is 0 Å². The Bertz CT molecular complexity index is 460. The Morgan fingerprint density at radius 3 is 3.05 bits per heavy atom. The molecule has 1 aromatic rings. The highest BCUT2D eigenvalue weighted by molar-refractivity contribution is 5.38. The van der Waals surface area contributed by atoms with Crippen molar-refractivity contribution in [1.82, 2.24) is 5.32 Å². The van der Waals surface area contributed by atoms with E-state index in [1.165, 1.54) is 6.07 Å². The molecule has 0 amide bonds. The van der Waals surface area contributed by atoms with Crippen LogP contribution in [-0.4, -0.2) is 25.9 Å². The Hall–Kier alpha value is -1.13. The molecule has 2 aliphatic heterocycles. The maximum absolute atomic E-state index is 13.5. The average Bonchev–Trinajstić information content (AvgIpc) is 2.99. The molecule has 4 heteroatoms. The third kappa shape index (κ3) is 2.81. The molecule has 1 N–H and O–H groups in total. The Kier molecular flexibility index (Phi) is 4.22. The molecule has 0 aromatic heterocycles. The van der Waals surface area contributed by atoms with Crippen LogP contribution in [0.3, 0.4) is 0 Å². The zero-order chi connectivity index (χ0) is 13.9. The second-order valence-corrected chi connectivity index (χ2v) is 5.70. The van der Waals surface area contributed by atoms with Gasteiger partial charge in [0, 0.05) is 30.6 Å². The van der Waals surface area contributed by atoms with Gasteiger partial charge in [0.1, 0.15) is 17.7 Å². The first-order valence-electron chi connectivity index (χ1n) is 7.55. The first kappa shape index (κ1) is 13.8. The van der Waals surface area contributed by atoms with Crippen LogP contribution in [0.15, 0.2) is 18.2 Å². The van der Waals surface area contributed by atoms with Crippen LogP contribution in [0.5, 0.6) is 5.75 Å². The summed E-state index contributed by atoms with van der Waals surface area (Å²) in [4.78, 5) is 0. The van der Waals surface area contributed by atoms with Crippen LogP contribution in [0.4, 0.5) is 4.39 Å². The molecule has 2 aliphatic rings. The molecular formula is C16H22FNO2. The van der Waals surface area contributed by atoms with E-state index in [4.69, 9.17) is 9.47 Å². The maximum Gasteiger partial charge on any atom is 0.124 e.